The Balaban J connectivity index is 1.75. The highest BCUT2D eigenvalue weighted by Gasteiger charge is 2.16. The summed E-state index contributed by atoms with van der Waals surface area (Å²) in [5.41, 5.74) is 2.05. The molecule has 2 aromatic heterocycles. The molecule has 6 nitrogen and oxygen atoms in total. The molecular formula is C21H25N5OS. The van der Waals surface area contributed by atoms with Crippen molar-refractivity contribution in [2.45, 2.75) is 32.0 Å². The third-order valence-corrected chi connectivity index (χ3v) is 5.16. The van der Waals surface area contributed by atoms with Crippen molar-refractivity contribution in [2.24, 2.45) is 5.92 Å². The first-order valence-electron chi connectivity index (χ1n) is 9.40. The van der Waals surface area contributed by atoms with Crippen molar-refractivity contribution in [3.63, 3.8) is 0 Å². The molecule has 0 saturated heterocycles. The van der Waals surface area contributed by atoms with E-state index in [1.165, 1.54) is 11.8 Å². The van der Waals surface area contributed by atoms with E-state index in [-0.39, 0.29) is 5.91 Å². The molecule has 0 aliphatic carbocycles. The Morgan fingerprint density at radius 1 is 1.14 bits per heavy atom. The van der Waals surface area contributed by atoms with Gasteiger partial charge in [0.15, 0.2) is 11.0 Å². The lowest BCUT2D eigenvalue weighted by atomic mass is 10.1. The van der Waals surface area contributed by atoms with E-state index < -0.39 is 0 Å². The Hall–Kier alpha value is -2.67. The molecule has 1 aromatic carbocycles. The van der Waals surface area contributed by atoms with E-state index in [1.54, 1.807) is 12.4 Å². The number of thioether (sulfide) groups is 1. The van der Waals surface area contributed by atoms with Crippen molar-refractivity contribution >= 4 is 17.7 Å². The lowest BCUT2D eigenvalue weighted by molar-refractivity contribution is -0.118. The fourth-order valence-corrected chi connectivity index (χ4v) is 3.46. The minimum atomic E-state index is 0.0165. The zero-order valence-electron chi connectivity index (χ0n) is 16.2. The van der Waals surface area contributed by atoms with E-state index >= 15 is 0 Å². The maximum Gasteiger partial charge on any atom is 0.230 e. The number of hydrogen-bond acceptors (Lipinski definition) is 5. The largest absolute Gasteiger partial charge is 0.355 e. The summed E-state index contributed by atoms with van der Waals surface area (Å²) in [6.07, 6.45) is 4.49. The number of carbonyl (C=O) groups is 1. The molecule has 3 aromatic rings. The summed E-state index contributed by atoms with van der Waals surface area (Å²) in [6.45, 7) is 5.63. The topological polar surface area (TPSA) is 72.7 Å². The van der Waals surface area contributed by atoms with Crippen LogP contribution in [0.4, 0.5) is 0 Å². The first-order valence-corrected chi connectivity index (χ1v) is 10.4. The zero-order valence-corrected chi connectivity index (χ0v) is 17.0. The first-order chi connectivity index (χ1) is 13.6. The van der Waals surface area contributed by atoms with Crippen LogP contribution in [0.1, 0.15) is 25.8 Å². The summed E-state index contributed by atoms with van der Waals surface area (Å²) in [4.78, 5) is 16.3. The van der Waals surface area contributed by atoms with Gasteiger partial charge in [0.05, 0.1) is 12.3 Å². The predicted molar refractivity (Wildman–Crippen MR) is 112 cm³/mol. The summed E-state index contributed by atoms with van der Waals surface area (Å²) in [5.74, 6) is 1.66. The third-order valence-electron chi connectivity index (χ3n) is 4.20. The van der Waals surface area contributed by atoms with Crippen LogP contribution in [0.2, 0.25) is 0 Å². The minimum absolute atomic E-state index is 0.0165. The molecule has 0 unspecified atom stereocenters. The van der Waals surface area contributed by atoms with Gasteiger partial charge in [-0.2, -0.15) is 0 Å². The molecule has 146 valence electrons. The molecule has 1 amide bonds. The standard InChI is InChI=1S/C21H25N5OS/c1-16(2)10-12-23-19(27)15-28-21-25-24-20(18-9-6-11-22-13-18)26(21)14-17-7-4-3-5-8-17/h3-9,11,13,16H,10,12,14-15H2,1-2H3,(H,23,27). The third kappa shape index (κ3) is 5.66. The molecule has 0 saturated carbocycles. The fraction of sp³-hybridized carbons (Fsp3) is 0.333. The van der Waals surface area contributed by atoms with Crippen molar-refractivity contribution in [1.82, 2.24) is 25.1 Å². The lowest BCUT2D eigenvalue weighted by Gasteiger charge is -2.11. The smallest absolute Gasteiger partial charge is 0.230 e. The summed E-state index contributed by atoms with van der Waals surface area (Å²) in [5, 5.41) is 12.4. The summed E-state index contributed by atoms with van der Waals surface area (Å²) >= 11 is 1.41. The molecule has 0 aliphatic rings. The van der Waals surface area contributed by atoms with Gasteiger partial charge >= 0.3 is 0 Å². The molecule has 3 rings (SSSR count). The Kier molecular flexibility index (Phi) is 7.19. The molecule has 1 N–H and O–H groups in total. The van der Waals surface area contributed by atoms with Gasteiger partial charge in [-0.05, 0) is 30.0 Å². The Labute approximate surface area is 169 Å². The molecule has 2 heterocycles. The van der Waals surface area contributed by atoms with E-state index in [4.69, 9.17) is 0 Å². The first kappa shape index (κ1) is 20.1. The van der Waals surface area contributed by atoms with Crippen LogP contribution < -0.4 is 5.32 Å². The van der Waals surface area contributed by atoms with Gasteiger partial charge in [-0.25, -0.2) is 0 Å². The van der Waals surface area contributed by atoms with Crippen LogP contribution in [0.15, 0.2) is 60.0 Å². The lowest BCUT2D eigenvalue weighted by Crippen LogP contribution is -2.27. The number of aromatic nitrogens is 4. The fourth-order valence-electron chi connectivity index (χ4n) is 2.69. The van der Waals surface area contributed by atoms with E-state index in [0.29, 0.717) is 24.8 Å². The zero-order chi connectivity index (χ0) is 19.8. The monoisotopic (exact) mass is 395 g/mol. The number of carbonyl (C=O) groups excluding carboxylic acids is 1. The summed E-state index contributed by atoms with van der Waals surface area (Å²) < 4.78 is 2.04. The molecule has 0 spiro atoms. The van der Waals surface area contributed by atoms with Gasteiger partial charge in [-0.1, -0.05) is 55.9 Å². The van der Waals surface area contributed by atoms with Gasteiger partial charge in [0.1, 0.15) is 0 Å². The highest BCUT2D eigenvalue weighted by Crippen LogP contribution is 2.24. The van der Waals surface area contributed by atoms with Gasteiger partial charge in [0.25, 0.3) is 0 Å². The van der Waals surface area contributed by atoms with Gasteiger partial charge < -0.3 is 5.32 Å². The average molecular weight is 396 g/mol. The van der Waals surface area contributed by atoms with Gasteiger partial charge in [0, 0.05) is 24.5 Å². The number of hydrogen-bond donors (Lipinski definition) is 1. The van der Waals surface area contributed by atoms with Crippen LogP contribution in [-0.2, 0) is 11.3 Å². The van der Waals surface area contributed by atoms with Gasteiger partial charge in [0.2, 0.25) is 5.91 Å². The van der Waals surface area contributed by atoms with E-state index in [9.17, 15) is 4.79 Å². The number of rotatable bonds is 9. The van der Waals surface area contributed by atoms with Crippen molar-refractivity contribution < 1.29 is 4.79 Å². The van der Waals surface area contributed by atoms with Gasteiger partial charge in [-0.3, -0.25) is 14.3 Å². The molecule has 0 bridgehead atoms. The van der Waals surface area contributed by atoms with Crippen LogP contribution >= 0.6 is 11.8 Å². The Morgan fingerprint density at radius 2 is 1.96 bits per heavy atom. The Bertz CT molecular complexity index is 880. The summed E-state index contributed by atoms with van der Waals surface area (Å²) in [6, 6.07) is 14.0. The molecule has 0 radical (unpaired) electrons. The average Bonchev–Trinajstić information content (AvgIpc) is 3.10. The maximum atomic E-state index is 12.1. The normalized spacial score (nSPS) is 11.0. The van der Waals surface area contributed by atoms with E-state index in [2.05, 4.69) is 46.5 Å². The molecule has 0 fully saturated rings. The molecule has 28 heavy (non-hydrogen) atoms. The van der Waals surface area contributed by atoms with E-state index in [0.717, 1.165) is 28.5 Å². The molecule has 7 heteroatoms. The Morgan fingerprint density at radius 3 is 2.68 bits per heavy atom. The van der Waals surface area contributed by atoms with Crippen LogP contribution in [0, 0.1) is 5.92 Å². The quantitative estimate of drug-likeness (QED) is 0.560. The highest BCUT2D eigenvalue weighted by molar-refractivity contribution is 7.99. The minimum Gasteiger partial charge on any atom is -0.355 e. The molecule has 0 aliphatic heterocycles. The van der Waals surface area contributed by atoms with Crippen molar-refractivity contribution in [3.8, 4) is 11.4 Å². The van der Waals surface area contributed by atoms with Crippen LogP contribution in [0.5, 0.6) is 0 Å². The van der Waals surface area contributed by atoms with Crippen molar-refractivity contribution in [1.29, 1.82) is 0 Å². The maximum absolute atomic E-state index is 12.1. The number of benzene rings is 1. The second kappa shape index (κ2) is 10.0. The molecular weight excluding hydrogens is 370 g/mol. The van der Waals surface area contributed by atoms with Crippen LogP contribution in [-0.4, -0.2) is 38.0 Å². The van der Waals surface area contributed by atoms with Crippen molar-refractivity contribution in [3.05, 3.63) is 60.4 Å². The van der Waals surface area contributed by atoms with Gasteiger partial charge in [-0.15, -0.1) is 10.2 Å². The second-order valence-electron chi connectivity index (χ2n) is 6.94. The SMILES string of the molecule is CC(C)CCNC(=O)CSc1nnc(-c2cccnc2)n1Cc1ccccc1. The number of nitrogens with one attached hydrogen (secondary N) is 1. The van der Waals surface area contributed by atoms with Crippen LogP contribution in [0.25, 0.3) is 11.4 Å². The molecule has 0 atom stereocenters. The number of nitrogens with zero attached hydrogens (tertiary/aromatic N) is 4. The van der Waals surface area contributed by atoms with Crippen molar-refractivity contribution in [2.75, 3.05) is 12.3 Å². The highest BCUT2D eigenvalue weighted by atomic mass is 32.2. The van der Waals surface area contributed by atoms with Crippen LogP contribution in [0.3, 0.4) is 0 Å². The number of pyridine rings is 1. The number of amides is 1. The second-order valence-corrected chi connectivity index (χ2v) is 7.88. The van der Waals surface area contributed by atoms with E-state index in [1.807, 2.05) is 34.9 Å². The predicted octanol–water partition coefficient (Wildman–Crippen LogP) is 3.64. The summed E-state index contributed by atoms with van der Waals surface area (Å²) in [7, 11) is 0.